The first-order valence-electron chi connectivity index (χ1n) is 9.84. The minimum Gasteiger partial charge on any atom is -0.354 e. The fourth-order valence-corrected chi connectivity index (χ4v) is 4.29. The van der Waals surface area contributed by atoms with Crippen molar-refractivity contribution in [1.29, 1.82) is 0 Å². The first-order valence-corrected chi connectivity index (χ1v) is 11.2. The van der Waals surface area contributed by atoms with Crippen molar-refractivity contribution in [3.8, 4) is 11.3 Å². The number of rotatable bonds is 5. The molecule has 0 aliphatic carbocycles. The molecular weight excluding hydrogens is 400 g/mol. The van der Waals surface area contributed by atoms with Crippen LogP contribution in [0.3, 0.4) is 0 Å². The Bertz CT molecular complexity index is 969. The summed E-state index contributed by atoms with van der Waals surface area (Å²) >= 11 is 7.68. The van der Waals surface area contributed by atoms with E-state index in [-0.39, 0.29) is 0 Å². The van der Waals surface area contributed by atoms with Crippen LogP contribution in [0.1, 0.15) is 11.1 Å². The van der Waals surface area contributed by atoms with Crippen molar-refractivity contribution in [2.75, 3.05) is 38.1 Å². The molecule has 1 aliphatic rings. The van der Waals surface area contributed by atoms with Crippen LogP contribution in [0.15, 0.2) is 59.8 Å². The Labute approximate surface area is 181 Å². The minimum atomic E-state index is 0.758. The van der Waals surface area contributed by atoms with Gasteiger partial charge in [-0.05, 0) is 37.7 Å². The molecule has 0 bridgehead atoms. The maximum Gasteiger partial charge on any atom is 0.190 e. The predicted octanol–water partition coefficient (Wildman–Crippen LogP) is 5.15. The Kier molecular flexibility index (Phi) is 6.38. The van der Waals surface area contributed by atoms with Gasteiger partial charge >= 0.3 is 0 Å². The molecule has 4 nitrogen and oxygen atoms in total. The SMILES string of the molecule is Cc1cccc(-c2cc(N3CCN(C)CC3)nc(SCc3ccc(Cl)cc3)n2)c1. The van der Waals surface area contributed by atoms with Crippen molar-refractivity contribution in [3.05, 3.63) is 70.7 Å². The number of halogens is 1. The number of likely N-dealkylation sites (N-methyl/N-ethyl adjacent to an activating group) is 1. The average molecular weight is 425 g/mol. The van der Waals surface area contributed by atoms with Crippen LogP contribution < -0.4 is 4.90 Å². The number of aryl methyl sites for hydroxylation is 1. The average Bonchev–Trinajstić information content (AvgIpc) is 2.74. The number of hydrogen-bond donors (Lipinski definition) is 0. The normalized spacial score (nSPS) is 14.9. The summed E-state index contributed by atoms with van der Waals surface area (Å²) in [7, 11) is 2.17. The van der Waals surface area contributed by atoms with E-state index in [1.54, 1.807) is 11.8 Å². The molecule has 1 aliphatic heterocycles. The number of benzene rings is 2. The highest BCUT2D eigenvalue weighted by Crippen LogP contribution is 2.28. The lowest BCUT2D eigenvalue weighted by atomic mass is 10.1. The largest absolute Gasteiger partial charge is 0.354 e. The lowest BCUT2D eigenvalue weighted by Gasteiger charge is -2.33. The minimum absolute atomic E-state index is 0.758. The molecule has 4 rings (SSSR count). The zero-order chi connectivity index (χ0) is 20.2. The van der Waals surface area contributed by atoms with Gasteiger partial charge in [0.25, 0.3) is 0 Å². The van der Waals surface area contributed by atoms with Gasteiger partial charge < -0.3 is 9.80 Å². The number of piperazine rings is 1. The lowest BCUT2D eigenvalue weighted by Crippen LogP contribution is -2.44. The first-order chi connectivity index (χ1) is 14.1. The molecule has 0 N–H and O–H groups in total. The Morgan fingerprint density at radius 2 is 1.72 bits per heavy atom. The Hall–Kier alpha value is -2.08. The van der Waals surface area contributed by atoms with Crippen molar-refractivity contribution >= 4 is 29.2 Å². The summed E-state index contributed by atoms with van der Waals surface area (Å²) in [4.78, 5) is 14.5. The fourth-order valence-electron chi connectivity index (χ4n) is 3.36. The van der Waals surface area contributed by atoms with Crippen LogP contribution in [0, 0.1) is 6.92 Å². The summed E-state index contributed by atoms with van der Waals surface area (Å²) in [5.41, 5.74) is 4.56. The topological polar surface area (TPSA) is 32.3 Å². The van der Waals surface area contributed by atoms with Gasteiger partial charge in [0.05, 0.1) is 5.69 Å². The Morgan fingerprint density at radius 3 is 2.45 bits per heavy atom. The van der Waals surface area contributed by atoms with Crippen LogP contribution in [0.4, 0.5) is 5.82 Å². The molecular formula is C23H25ClN4S. The highest BCUT2D eigenvalue weighted by Gasteiger charge is 2.18. The second-order valence-corrected chi connectivity index (χ2v) is 8.85. The molecule has 1 saturated heterocycles. The monoisotopic (exact) mass is 424 g/mol. The van der Waals surface area contributed by atoms with E-state index in [0.717, 1.165) is 59.2 Å². The number of hydrogen-bond acceptors (Lipinski definition) is 5. The van der Waals surface area contributed by atoms with Gasteiger partial charge in [0, 0.05) is 48.6 Å². The molecule has 1 aromatic heterocycles. The lowest BCUT2D eigenvalue weighted by molar-refractivity contribution is 0.312. The summed E-state index contributed by atoms with van der Waals surface area (Å²) in [5.74, 6) is 1.83. The maximum absolute atomic E-state index is 6.01. The van der Waals surface area contributed by atoms with Crippen LogP contribution in [0.2, 0.25) is 5.02 Å². The van der Waals surface area contributed by atoms with E-state index in [4.69, 9.17) is 21.6 Å². The smallest absolute Gasteiger partial charge is 0.190 e. The van der Waals surface area contributed by atoms with Crippen LogP contribution in [-0.2, 0) is 5.75 Å². The molecule has 150 valence electrons. The molecule has 1 fully saturated rings. The van der Waals surface area contributed by atoms with E-state index in [2.05, 4.69) is 66.2 Å². The molecule has 2 heterocycles. The van der Waals surface area contributed by atoms with E-state index in [1.165, 1.54) is 11.1 Å². The molecule has 0 radical (unpaired) electrons. The fraction of sp³-hybridized carbons (Fsp3) is 0.304. The Morgan fingerprint density at radius 1 is 0.966 bits per heavy atom. The van der Waals surface area contributed by atoms with Crippen LogP contribution in [0.25, 0.3) is 11.3 Å². The summed E-state index contributed by atoms with van der Waals surface area (Å²) in [6, 6.07) is 18.6. The highest BCUT2D eigenvalue weighted by atomic mass is 35.5. The standard InChI is InChI=1S/C23H25ClN4S/c1-17-4-3-5-19(14-17)21-15-22(28-12-10-27(2)11-13-28)26-23(25-21)29-16-18-6-8-20(24)9-7-18/h3-9,14-15H,10-13,16H2,1-2H3. The van der Waals surface area contributed by atoms with Crippen LogP contribution >= 0.6 is 23.4 Å². The molecule has 0 saturated carbocycles. The third-order valence-corrected chi connectivity index (χ3v) is 6.28. The van der Waals surface area contributed by atoms with Crippen LogP contribution in [0.5, 0.6) is 0 Å². The van der Waals surface area contributed by atoms with Gasteiger partial charge in [-0.2, -0.15) is 0 Å². The van der Waals surface area contributed by atoms with Crippen molar-refractivity contribution in [3.63, 3.8) is 0 Å². The highest BCUT2D eigenvalue weighted by molar-refractivity contribution is 7.98. The summed E-state index contributed by atoms with van der Waals surface area (Å²) in [6.45, 7) is 6.19. The molecule has 29 heavy (non-hydrogen) atoms. The molecule has 0 atom stereocenters. The Balaban J connectivity index is 1.62. The van der Waals surface area contributed by atoms with Gasteiger partial charge in [-0.15, -0.1) is 0 Å². The van der Waals surface area contributed by atoms with Gasteiger partial charge in [0.2, 0.25) is 0 Å². The van der Waals surface area contributed by atoms with Crippen molar-refractivity contribution in [2.45, 2.75) is 17.8 Å². The zero-order valence-corrected chi connectivity index (χ0v) is 18.4. The summed E-state index contributed by atoms with van der Waals surface area (Å²) < 4.78 is 0. The van der Waals surface area contributed by atoms with E-state index < -0.39 is 0 Å². The molecule has 0 spiro atoms. The van der Waals surface area contributed by atoms with E-state index in [1.807, 2.05) is 12.1 Å². The third-order valence-electron chi connectivity index (χ3n) is 5.11. The summed E-state index contributed by atoms with van der Waals surface area (Å²) in [6.07, 6.45) is 0. The van der Waals surface area contributed by atoms with Crippen molar-refractivity contribution < 1.29 is 0 Å². The number of anilines is 1. The number of thioether (sulfide) groups is 1. The quantitative estimate of drug-likeness (QED) is 0.417. The maximum atomic E-state index is 6.01. The van der Waals surface area contributed by atoms with Gasteiger partial charge in [0.15, 0.2) is 5.16 Å². The van der Waals surface area contributed by atoms with E-state index >= 15 is 0 Å². The molecule has 6 heteroatoms. The molecule has 3 aromatic rings. The van der Waals surface area contributed by atoms with Crippen molar-refractivity contribution in [1.82, 2.24) is 14.9 Å². The van der Waals surface area contributed by atoms with Gasteiger partial charge in [-0.3, -0.25) is 0 Å². The third kappa shape index (κ3) is 5.30. The molecule has 2 aromatic carbocycles. The second kappa shape index (κ2) is 9.16. The summed E-state index contributed by atoms with van der Waals surface area (Å²) in [5, 5.41) is 1.57. The van der Waals surface area contributed by atoms with Gasteiger partial charge in [-0.1, -0.05) is 59.3 Å². The van der Waals surface area contributed by atoms with Gasteiger partial charge in [-0.25, -0.2) is 9.97 Å². The van der Waals surface area contributed by atoms with Crippen LogP contribution in [-0.4, -0.2) is 48.1 Å². The number of aromatic nitrogens is 2. The van der Waals surface area contributed by atoms with Crippen molar-refractivity contribution in [2.24, 2.45) is 0 Å². The predicted molar refractivity (Wildman–Crippen MR) is 123 cm³/mol. The van der Waals surface area contributed by atoms with E-state index in [9.17, 15) is 0 Å². The first kappa shape index (κ1) is 20.2. The zero-order valence-electron chi connectivity index (χ0n) is 16.8. The van der Waals surface area contributed by atoms with Gasteiger partial charge in [0.1, 0.15) is 5.82 Å². The second-order valence-electron chi connectivity index (χ2n) is 7.47. The molecule has 0 amide bonds. The number of nitrogens with zero attached hydrogens (tertiary/aromatic N) is 4. The van der Waals surface area contributed by atoms with E-state index in [0.29, 0.717) is 0 Å². The molecule has 0 unspecified atom stereocenters.